The quantitative estimate of drug-likeness (QED) is 0.619. The molecule has 27 heavy (non-hydrogen) atoms. The number of guanidine groups is 1. The van der Waals surface area contributed by atoms with E-state index in [-0.39, 0.29) is 6.04 Å². The summed E-state index contributed by atoms with van der Waals surface area (Å²) in [6.07, 6.45) is 0.831. The summed E-state index contributed by atoms with van der Waals surface area (Å²) in [4.78, 5) is 6.13. The lowest BCUT2D eigenvalue weighted by Gasteiger charge is -2.20. The molecule has 1 unspecified atom stereocenters. The highest BCUT2D eigenvalue weighted by Crippen LogP contribution is 2.24. The van der Waals surface area contributed by atoms with E-state index in [1.165, 1.54) is 12.1 Å². The van der Waals surface area contributed by atoms with Crippen molar-refractivity contribution in [3.05, 3.63) is 47.4 Å². The zero-order chi connectivity index (χ0) is 19.4. The predicted molar refractivity (Wildman–Crippen MR) is 101 cm³/mol. The van der Waals surface area contributed by atoms with Crippen molar-refractivity contribution < 1.29 is 13.3 Å². The first kappa shape index (κ1) is 19.1. The van der Waals surface area contributed by atoms with Crippen LogP contribution in [0.2, 0.25) is 0 Å². The Bertz CT molecular complexity index is 805. The number of hydrogen-bond acceptors (Lipinski definition) is 4. The second-order valence-electron chi connectivity index (χ2n) is 6.97. The topological polar surface area (TPSA) is 65.7 Å². The van der Waals surface area contributed by atoms with Gasteiger partial charge < -0.3 is 20.1 Å². The van der Waals surface area contributed by atoms with Crippen LogP contribution < -0.4 is 15.5 Å². The smallest absolute Gasteiger partial charge is 0.191 e. The molecule has 0 spiro atoms. The molecule has 1 saturated heterocycles. The van der Waals surface area contributed by atoms with E-state index < -0.39 is 11.6 Å². The van der Waals surface area contributed by atoms with Crippen LogP contribution in [0.1, 0.15) is 37.6 Å². The van der Waals surface area contributed by atoms with Gasteiger partial charge in [-0.3, -0.25) is 4.99 Å². The Morgan fingerprint density at radius 3 is 2.85 bits per heavy atom. The number of benzene rings is 1. The van der Waals surface area contributed by atoms with Crippen molar-refractivity contribution in [2.45, 2.75) is 38.8 Å². The number of aliphatic imine (C=N–C) groups is 1. The number of anilines is 1. The molecule has 3 rings (SSSR count). The monoisotopic (exact) mass is 377 g/mol. The van der Waals surface area contributed by atoms with E-state index in [2.05, 4.69) is 34.6 Å². The van der Waals surface area contributed by atoms with E-state index in [4.69, 9.17) is 4.52 Å². The molecule has 8 heteroatoms. The normalized spacial score (nSPS) is 17.6. The molecular weight excluding hydrogens is 352 g/mol. The molecule has 2 aromatic rings. The number of halogens is 2. The summed E-state index contributed by atoms with van der Waals surface area (Å²) in [6, 6.07) is 5.72. The molecule has 1 fully saturated rings. The van der Waals surface area contributed by atoms with Gasteiger partial charge in [0.1, 0.15) is 11.6 Å². The summed E-state index contributed by atoms with van der Waals surface area (Å²) >= 11 is 0. The van der Waals surface area contributed by atoms with E-state index >= 15 is 0 Å². The summed E-state index contributed by atoms with van der Waals surface area (Å²) in [5, 5.41) is 10.6. The van der Waals surface area contributed by atoms with Gasteiger partial charge in [-0.15, -0.1) is 0 Å². The fraction of sp³-hybridized carbons (Fsp3) is 0.474. The van der Waals surface area contributed by atoms with Crippen molar-refractivity contribution in [3.63, 3.8) is 0 Å². The van der Waals surface area contributed by atoms with Crippen LogP contribution in [0.15, 0.2) is 33.8 Å². The maximum absolute atomic E-state index is 14.0. The molecule has 0 radical (unpaired) electrons. The highest BCUT2D eigenvalue weighted by atomic mass is 19.1. The molecule has 6 nitrogen and oxygen atoms in total. The standard InChI is InChI=1S/C19H25F2N5O/c1-12(2)17-9-15(27-25-17)10-23-19(22-3)24-14-6-7-26(11-14)18-5-4-13(20)8-16(18)21/h4-5,8-9,12,14H,6-7,10-11H2,1-3H3,(H2,22,23,24). The molecule has 0 saturated carbocycles. The first-order chi connectivity index (χ1) is 13.0. The van der Waals surface area contributed by atoms with Crippen LogP contribution in [0.3, 0.4) is 0 Å². The number of nitrogens with one attached hydrogen (secondary N) is 2. The molecule has 146 valence electrons. The highest BCUT2D eigenvalue weighted by Gasteiger charge is 2.25. The SMILES string of the molecule is CN=C(NCc1cc(C(C)C)no1)NC1CCN(c2ccc(F)cc2F)C1. The zero-order valence-electron chi connectivity index (χ0n) is 15.8. The Morgan fingerprint density at radius 2 is 2.19 bits per heavy atom. The Morgan fingerprint density at radius 1 is 1.37 bits per heavy atom. The molecule has 2 heterocycles. The van der Waals surface area contributed by atoms with Gasteiger partial charge in [0.2, 0.25) is 0 Å². The molecule has 0 bridgehead atoms. The number of aromatic nitrogens is 1. The lowest BCUT2D eigenvalue weighted by atomic mass is 10.1. The van der Waals surface area contributed by atoms with E-state index in [0.29, 0.717) is 37.2 Å². The van der Waals surface area contributed by atoms with Gasteiger partial charge in [0, 0.05) is 38.3 Å². The lowest BCUT2D eigenvalue weighted by Crippen LogP contribution is -2.44. The van der Waals surface area contributed by atoms with Crippen LogP contribution in [0.25, 0.3) is 0 Å². The van der Waals surface area contributed by atoms with Gasteiger partial charge in [-0.2, -0.15) is 0 Å². The van der Waals surface area contributed by atoms with Crippen LogP contribution in [0, 0.1) is 11.6 Å². The second-order valence-corrected chi connectivity index (χ2v) is 6.97. The third-order valence-corrected chi connectivity index (χ3v) is 4.60. The van der Waals surface area contributed by atoms with Crippen LogP contribution in [-0.4, -0.2) is 37.3 Å². The minimum Gasteiger partial charge on any atom is -0.367 e. The average Bonchev–Trinajstić information content (AvgIpc) is 3.28. The molecule has 0 aliphatic carbocycles. The van der Waals surface area contributed by atoms with Gasteiger partial charge in [-0.05, 0) is 24.5 Å². The van der Waals surface area contributed by atoms with Crippen molar-refractivity contribution in [2.24, 2.45) is 4.99 Å². The number of rotatable bonds is 5. The molecule has 0 amide bonds. The summed E-state index contributed by atoms with van der Waals surface area (Å²) in [5.74, 6) is 0.593. The van der Waals surface area contributed by atoms with Crippen LogP contribution in [0.5, 0.6) is 0 Å². The van der Waals surface area contributed by atoms with Gasteiger partial charge in [0.15, 0.2) is 11.7 Å². The lowest BCUT2D eigenvalue weighted by molar-refractivity contribution is 0.371. The van der Waals surface area contributed by atoms with Gasteiger partial charge in [0.05, 0.1) is 17.9 Å². The zero-order valence-corrected chi connectivity index (χ0v) is 15.8. The Kier molecular flexibility index (Phi) is 5.93. The third kappa shape index (κ3) is 4.75. The number of nitrogens with zero attached hydrogens (tertiary/aromatic N) is 3. The van der Waals surface area contributed by atoms with Crippen LogP contribution in [-0.2, 0) is 6.54 Å². The fourth-order valence-electron chi connectivity index (χ4n) is 3.08. The molecule has 1 aliphatic rings. The Balaban J connectivity index is 1.53. The van der Waals surface area contributed by atoms with Crippen molar-refractivity contribution in [2.75, 3.05) is 25.0 Å². The largest absolute Gasteiger partial charge is 0.367 e. The minimum absolute atomic E-state index is 0.113. The second kappa shape index (κ2) is 8.37. The van der Waals surface area contributed by atoms with E-state index in [1.54, 1.807) is 7.05 Å². The molecule has 1 aliphatic heterocycles. The van der Waals surface area contributed by atoms with Gasteiger partial charge in [0.25, 0.3) is 0 Å². The Hall–Kier alpha value is -2.64. The maximum Gasteiger partial charge on any atom is 0.191 e. The first-order valence-electron chi connectivity index (χ1n) is 9.09. The van der Waals surface area contributed by atoms with Gasteiger partial charge in [-0.1, -0.05) is 19.0 Å². The van der Waals surface area contributed by atoms with Gasteiger partial charge >= 0.3 is 0 Å². The fourth-order valence-corrected chi connectivity index (χ4v) is 3.08. The summed E-state index contributed by atoms with van der Waals surface area (Å²) < 4.78 is 32.4. The summed E-state index contributed by atoms with van der Waals surface area (Å²) in [7, 11) is 1.70. The first-order valence-corrected chi connectivity index (χ1v) is 9.09. The number of hydrogen-bond donors (Lipinski definition) is 2. The van der Waals surface area contributed by atoms with Crippen LogP contribution >= 0.6 is 0 Å². The minimum atomic E-state index is -0.567. The van der Waals surface area contributed by atoms with Crippen molar-refractivity contribution >= 4 is 11.6 Å². The molecule has 1 atom stereocenters. The predicted octanol–water partition coefficient (Wildman–Crippen LogP) is 3.02. The molecule has 1 aromatic carbocycles. The van der Waals surface area contributed by atoms with E-state index in [0.717, 1.165) is 23.9 Å². The average molecular weight is 377 g/mol. The summed E-state index contributed by atoms with van der Waals surface area (Å²) in [6.45, 7) is 5.90. The maximum atomic E-state index is 14.0. The van der Waals surface area contributed by atoms with Crippen molar-refractivity contribution in [1.82, 2.24) is 15.8 Å². The third-order valence-electron chi connectivity index (χ3n) is 4.60. The molecular formula is C19H25F2N5O. The van der Waals surface area contributed by atoms with E-state index in [1.807, 2.05) is 11.0 Å². The van der Waals surface area contributed by atoms with Crippen molar-refractivity contribution in [1.29, 1.82) is 0 Å². The van der Waals surface area contributed by atoms with Crippen molar-refractivity contribution in [3.8, 4) is 0 Å². The van der Waals surface area contributed by atoms with Crippen LogP contribution in [0.4, 0.5) is 14.5 Å². The Labute approximate surface area is 157 Å². The summed E-state index contributed by atoms with van der Waals surface area (Å²) in [5.41, 5.74) is 1.34. The van der Waals surface area contributed by atoms with Gasteiger partial charge in [-0.25, -0.2) is 8.78 Å². The molecule has 1 aromatic heterocycles. The molecule has 2 N–H and O–H groups in total. The van der Waals surface area contributed by atoms with E-state index in [9.17, 15) is 8.78 Å². The highest BCUT2D eigenvalue weighted by molar-refractivity contribution is 5.80.